The van der Waals surface area contributed by atoms with E-state index < -0.39 is 11.0 Å². The molecule has 0 spiro atoms. The molecule has 1 atom stereocenters. The van der Waals surface area contributed by atoms with Crippen LogP contribution >= 0.6 is 0 Å². The monoisotopic (exact) mass is 262 g/mol. The SMILES string of the molecule is C[C@H]1C(=O)NN=C2COc3ccc([N+](=O)[O-])cc3N21. The number of amides is 1. The molecule has 0 aromatic heterocycles. The Kier molecular flexibility index (Phi) is 2.37. The van der Waals surface area contributed by atoms with Gasteiger partial charge in [-0.15, -0.1) is 0 Å². The highest BCUT2D eigenvalue weighted by atomic mass is 16.6. The number of rotatable bonds is 1. The van der Waals surface area contributed by atoms with E-state index in [-0.39, 0.29) is 18.2 Å². The quantitative estimate of drug-likeness (QED) is 0.591. The smallest absolute Gasteiger partial charge is 0.271 e. The highest BCUT2D eigenvalue weighted by molar-refractivity contribution is 6.09. The lowest BCUT2D eigenvalue weighted by Crippen LogP contribution is -2.55. The third-order valence-electron chi connectivity index (χ3n) is 3.11. The summed E-state index contributed by atoms with van der Waals surface area (Å²) < 4.78 is 5.46. The first-order valence-corrected chi connectivity index (χ1v) is 5.65. The van der Waals surface area contributed by atoms with Crippen molar-refractivity contribution in [2.45, 2.75) is 13.0 Å². The molecule has 3 rings (SSSR count). The predicted octanol–water partition coefficient (Wildman–Crippen LogP) is 0.625. The maximum Gasteiger partial charge on any atom is 0.271 e. The first-order chi connectivity index (χ1) is 9.08. The minimum absolute atomic E-state index is 0.0539. The lowest BCUT2D eigenvalue weighted by Gasteiger charge is -2.37. The second-order valence-electron chi connectivity index (χ2n) is 4.25. The lowest BCUT2D eigenvalue weighted by molar-refractivity contribution is -0.384. The molecular formula is C11H10N4O4. The van der Waals surface area contributed by atoms with E-state index in [4.69, 9.17) is 4.74 Å². The molecule has 1 aromatic rings. The average molecular weight is 262 g/mol. The van der Waals surface area contributed by atoms with Crippen molar-refractivity contribution in [3.8, 4) is 5.75 Å². The van der Waals surface area contributed by atoms with Crippen molar-refractivity contribution in [2.75, 3.05) is 11.5 Å². The van der Waals surface area contributed by atoms with E-state index in [0.29, 0.717) is 17.3 Å². The first kappa shape index (κ1) is 11.5. The van der Waals surface area contributed by atoms with E-state index in [0.717, 1.165) is 0 Å². The molecule has 0 saturated heterocycles. The fourth-order valence-electron chi connectivity index (χ4n) is 2.13. The van der Waals surface area contributed by atoms with Gasteiger partial charge in [0.2, 0.25) is 0 Å². The van der Waals surface area contributed by atoms with Gasteiger partial charge in [0, 0.05) is 12.1 Å². The second kappa shape index (κ2) is 3.94. The normalized spacial score (nSPS) is 20.7. The molecule has 2 aliphatic rings. The summed E-state index contributed by atoms with van der Waals surface area (Å²) in [5.74, 6) is 0.773. The zero-order chi connectivity index (χ0) is 13.6. The number of hydrazone groups is 1. The minimum atomic E-state index is -0.489. The summed E-state index contributed by atoms with van der Waals surface area (Å²) in [6.45, 7) is 1.92. The van der Waals surface area contributed by atoms with Crippen molar-refractivity contribution in [1.29, 1.82) is 0 Å². The Morgan fingerprint density at radius 1 is 1.58 bits per heavy atom. The molecule has 0 fully saturated rings. The van der Waals surface area contributed by atoms with Gasteiger partial charge < -0.3 is 9.64 Å². The topological polar surface area (TPSA) is 97.1 Å². The van der Waals surface area contributed by atoms with Gasteiger partial charge in [-0.25, -0.2) is 5.43 Å². The zero-order valence-corrected chi connectivity index (χ0v) is 9.99. The van der Waals surface area contributed by atoms with Crippen LogP contribution in [0.4, 0.5) is 11.4 Å². The maximum absolute atomic E-state index is 11.6. The van der Waals surface area contributed by atoms with Crippen molar-refractivity contribution in [3.63, 3.8) is 0 Å². The third kappa shape index (κ3) is 1.68. The van der Waals surface area contributed by atoms with Gasteiger partial charge in [0.25, 0.3) is 11.6 Å². The molecule has 2 heterocycles. The van der Waals surface area contributed by atoms with Gasteiger partial charge in [-0.2, -0.15) is 5.10 Å². The molecular weight excluding hydrogens is 252 g/mol. The fourth-order valence-corrected chi connectivity index (χ4v) is 2.13. The summed E-state index contributed by atoms with van der Waals surface area (Å²) >= 11 is 0. The number of carbonyl (C=O) groups is 1. The number of fused-ring (bicyclic) bond motifs is 3. The van der Waals surface area contributed by atoms with E-state index in [1.165, 1.54) is 18.2 Å². The Balaban J connectivity index is 2.13. The summed E-state index contributed by atoms with van der Waals surface area (Å²) in [6, 6.07) is 3.80. The molecule has 2 aliphatic heterocycles. The van der Waals surface area contributed by atoms with Crippen LogP contribution in [0.2, 0.25) is 0 Å². The standard InChI is InChI=1S/C11H10N4O4/c1-6-11(16)13-12-10-5-19-9-3-2-7(15(17)18)4-8(9)14(6)10/h2-4,6H,5H2,1H3,(H,13,16)/t6-/m0/s1. The van der Waals surface area contributed by atoms with E-state index in [1.54, 1.807) is 11.8 Å². The number of hydrogen-bond acceptors (Lipinski definition) is 6. The Labute approximate surface area is 107 Å². The number of benzene rings is 1. The van der Waals surface area contributed by atoms with Crippen LogP contribution in [0.1, 0.15) is 6.92 Å². The summed E-state index contributed by atoms with van der Waals surface area (Å²) in [5, 5.41) is 14.7. The Morgan fingerprint density at radius 2 is 2.37 bits per heavy atom. The number of ether oxygens (including phenoxy) is 1. The van der Waals surface area contributed by atoms with Gasteiger partial charge in [-0.05, 0) is 13.0 Å². The Hall–Kier alpha value is -2.64. The number of nitrogens with zero attached hydrogens (tertiary/aromatic N) is 3. The molecule has 1 aromatic carbocycles. The van der Waals surface area contributed by atoms with Crippen LogP contribution in [0.3, 0.4) is 0 Å². The fraction of sp³-hybridized carbons (Fsp3) is 0.273. The lowest BCUT2D eigenvalue weighted by atomic mass is 10.1. The van der Waals surface area contributed by atoms with Gasteiger partial charge in [-0.1, -0.05) is 0 Å². The van der Waals surface area contributed by atoms with E-state index in [9.17, 15) is 14.9 Å². The molecule has 1 N–H and O–H groups in total. The van der Waals surface area contributed by atoms with E-state index >= 15 is 0 Å². The zero-order valence-electron chi connectivity index (χ0n) is 9.99. The molecule has 8 heteroatoms. The molecule has 0 aliphatic carbocycles. The summed E-state index contributed by atoms with van der Waals surface area (Å²) in [4.78, 5) is 23.6. The molecule has 0 bridgehead atoms. The minimum Gasteiger partial charge on any atom is -0.483 e. The molecule has 0 radical (unpaired) electrons. The van der Waals surface area contributed by atoms with Gasteiger partial charge in [0.15, 0.2) is 5.84 Å². The van der Waals surface area contributed by atoms with Gasteiger partial charge in [0.05, 0.1) is 10.6 Å². The number of carbonyl (C=O) groups excluding carboxylic acids is 1. The van der Waals surface area contributed by atoms with E-state index in [1.807, 2.05) is 0 Å². The summed E-state index contributed by atoms with van der Waals surface area (Å²) in [7, 11) is 0. The number of hydrogen-bond donors (Lipinski definition) is 1. The van der Waals surface area contributed by atoms with Crippen molar-refractivity contribution >= 4 is 23.1 Å². The second-order valence-corrected chi connectivity index (χ2v) is 4.25. The van der Waals surface area contributed by atoms with Gasteiger partial charge >= 0.3 is 0 Å². The number of non-ortho nitro benzene ring substituents is 1. The molecule has 19 heavy (non-hydrogen) atoms. The molecule has 98 valence electrons. The van der Waals surface area contributed by atoms with Crippen LogP contribution in [0.15, 0.2) is 23.3 Å². The predicted molar refractivity (Wildman–Crippen MR) is 66.1 cm³/mol. The van der Waals surface area contributed by atoms with E-state index in [2.05, 4.69) is 10.5 Å². The van der Waals surface area contributed by atoms with Crippen LogP contribution < -0.4 is 15.1 Å². The number of nitro groups is 1. The highest BCUT2D eigenvalue weighted by Gasteiger charge is 2.35. The van der Waals surface area contributed by atoms with Crippen LogP contribution in [0, 0.1) is 10.1 Å². The largest absolute Gasteiger partial charge is 0.483 e. The van der Waals surface area contributed by atoms with Gasteiger partial charge in [0.1, 0.15) is 18.4 Å². The molecule has 1 amide bonds. The summed E-state index contributed by atoms with van der Waals surface area (Å²) in [6.07, 6.45) is 0. The molecule has 0 saturated carbocycles. The first-order valence-electron chi connectivity index (χ1n) is 5.65. The number of nitro benzene ring substituents is 1. The van der Waals surface area contributed by atoms with Crippen molar-refractivity contribution < 1.29 is 14.5 Å². The van der Waals surface area contributed by atoms with Crippen molar-refractivity contribution in [1.82, 2.24) is 5.43 Å². The average Bonchev–Trinajstić information content (AvgIpc) is 2.41. The van der Waals surface area contributed by atoms with Crippen LogP contribution in [-0.4, -0.2) is 29.3 Å². The van der Waals surface area contributed by atoms with Gasteiger partial charge in [-0.3, -0.25) is 14.9 Å². The number of anilines is 1. The molecule has 0 unspecified atom stereocenters. The Bertz CT molecular complexity index is 613. The van der Waals surface area contributed by atoms with Crippen LogP contribution in [0.25, 0.3) is 0 Å². The van der Waals surface area contributed by atoms with Crippen molar-refractivity contribution in [2.24, 2.45) is 5.10 Å². The number of amidine groups is 1. The van der Waals surface area contributed by atoms with Crippen LogP contribution in [-0.2, 0) is 4.79 Å². The maximum atomic E-state index is 11.6. The van der Waals surface area contributed by atoms with Crippen molar-refractivity contribution in [3.05, 3.63) is 28.3 Å². The highest BCUT2D eigenvalue weighted by Crippen LogP contribution is 2.37. The number of nitrogens with one attached hydrogen (secondary N) is 1. The third-order valence-corrected chi connectivity index (χ3v) is 3.11. The Morgan fingerprint density at radius 3 is 3.11 bits per heavy atom. The summed E-state index contributed by atoms with van der Waals surface area (Å²) in [5.41, 5.74) is 2.83. The molecule has 8 nitrogen and oxygen atoms in total. The van der Waals surface area contributed by atoms with Crippen LogP contribution in [0.5, 0.6) is 5.75 Å².